The Morgan fingerprint density at radius 1 is 1.11 bits per heavy atom. The molecule has 0 aliphatic heterocycles. The summed E-state index contributed by atoms with van der Waals surface area (Å²) in [6, 6.07) is 11.9. The molecule has 0 aliphatic carbocycles. The third-order valence-electron chi connectivity index (χ3n) is 4.03. The molecule has 0 bridgehead atoms. The Balaban J connectivity index is 2.14. The molecule has 10 heteroatoms. The van der Waals surface area contributed by atoms with Crippen LogP contribution in [-0.4, -0.2) is 21.5 Å². The lowest BCUT2D eigenvalue weighted by atomic mass is 9.92. The second-order valence-corrected chi connectivity index (χ2v) is 6.92. The predicted molar refractivity (Wildman–Crippen MR) is 108 cm³/mol. The van der Waals surface area contributed by atoms with Crippen LogP contribution in [0.15, 0.2) is 52.2 Å². The molecular weight excluding hydrogens is 425 g/mol. The van der Waals surface area contributed by atoms with Crippen LogP contribution in [0.3, 0.4) is 0 Å². The minimum atomic E-state index is -0.734. The summed E-state index contributed by atoms with van der Waals surface area (Å²) in [7, 11) is 1.43. The van der Waals surface area contributed by atoms with Crippen LogP contribution >= 0.6 is 34.8 Å². The summed E-state index contributed by atoms with van der Waals surface area (Å²) in [5.74, 6) is -0.734. The van der Waals surface area contributed by atoms with E-state index in [1.54, 1.807) is 24.3 Å². The van der Waals surface area contributed by atoms with E-state index in [4.69, 9.17) is 34.8 Å². The zero-order valence-electron chi connectivity index (χ0n) is 14.4. The summed E-state index contributed by atoms with van der Waals surface area (Å²) in [5.41, 5.74) is 2.47. The lowest BCUT2D eigenvalue weighted by molar-refractivity contribution is 0.663. The van der Waals surface area contributed by atoms with Crippen molar-refractivity contribution in [2.75, 3.05) is 12.5 Å². The number of hydrogen-bond acceptors (Lipinski definition) is 5. The highest BCUT2D eigenvalue weighted by Gasteiger charge is 2.22. The molecule has 3 rings (SSSR count). The zero-order chi connectivity index (χ0) is 20.4. The molecule has 28 heavy (non-hydrogen) atoms. The molecule has 0 saturated heterocycles. The second kappa shape index (κ2) is 8.07. The first-order chi connectivity index (χ1) is 13.4. The monoisotopic (exact) mass is 435 g/mol. The van der Waals surface area contributed by atoms with Crippen LogP contribution in [0.1, 0.15) is 17.0 Å². The SMILES string of the molecule is CNn1c(=O)cnn(-c2cc(Cl)c(C(C#N)c3ccc(Cl)cc3)c(Cl)c2)c1=O. The van der Waals surface area contributed by atoms with Gasteiger partial charge in [-0.15, -0.1) is 0 Å². The molecule has 1 atom stereocenters. The second-order valence-electron chi connectivity index (χ2n) is 5.67. The van der Waals surface area contributed by atoms with Crippen molar-refractivity contribution >= 4 is 34.8 Å². The highest BCUT2D eigenvalue weighted by Crippen LogP contribution is 2.37. The third kappa shape index (κ3) is 3.62. The molecule has 1 unspecified atom stereocenters. The van der Waals surface area contributed by atoms with Crippen molar-refractivity contribution in [3.05, 3.63) is 89.6 Å². The summed E-state index contributed by atoms with van der Waals surface area (Å²) < 4.78 is 1.76. The summed E-state index contributed by atoms with van der Waals surface area (Å²) in [4.78, 5) is 24.1. The number of rotatable bonds is 4. The van der Waals surface area contributed by atoms with E-state index in [9.17, 15) is 14.9 Å². The molecular formula is C18H12Cl3N5O2. The first-order valence-corrected chi connectivity index (χ1v) is 9.04. The van der Waals surface area contributed by atoms with E-state index in [-0.39, 0.29) is 15.7 Å². The average molecular weight is 437 g/mol. The molecule has 1 N–H and O–H groups in total. The van der Waals surface area contributed by atoms with Crippen LogP contribution in [0.4, 0.5) is 0 Å². The Bertz CT molecular complexity index is 1170. The van der Waals surface area contributed by atoms with Crippen molar-refractivity contribution in [2.45, 2.75) is 5.92 Å². The highest BCUT2D eigenvalue weighted by molar-refractivity contribution is 6.36. The minimum absolute atomic E-state index is 0.180. The lowest BCUT2D eigenvalue weighted by Gasteiger charge is -2.16. The van der Waals surface area contributed by atoms with E-state index in [0.29, 0.717) is 16.1 Å². The Morgan fingerprint density at radius 2 is 1.71 bits per heavy atom. The van der Waals surface area contributed by atoms with Crippen molar-refractivity contribution in [3.8, 4) is 11.8 Å². The molecule has 2 aromatic carbocycles. The maximum atomic E-state index is 12.4. The number of benzene rings is 2. The molecule has 7 nitrogen and oxygen atoms in total. The van der Waals surface area contributed by atoms with Crippen molar-refractivity contribution in [1.82, 2.24) is 14.5 Å². The van der Waals surface area contributed by atoms with Gasteiger partial charge in [-0.25, -0.2) is 4.79 Å². The first-order valence-electron chi connectivity index (χ1n) is 7.91. The van der Waals surface area contributed by atoms with Crippen LogP contribution in [0.25, 0.3) is 5.69 Å². The summed E-state index contributed by atoms with van der Waals surface area (Å²) in [6.45, 7) is 0. The standard InChI is InChI=1S/C18H12Cl3N5O2/c1-23-26-16(27)9-24-25(18(26)28)12-6-14(20)17(15(21)7-12)13(8-22)10-2-4-11(19)5-3-10/h2-7,9,13,23H,1H3. The largest absolute Gasteiger partial charge is 0.371 e. The molecule has 3 aromatic rings. The van der Waals surface area contributed by atoms with E-state index in [1.807, 2.05) is 0 Å². The molecule has 0 amide bonds. The van der Waals surface area contributed by atoms with Gasteiger partial charge in [0.1, 0.15) is 6.20 Å². The smallest absolute Gasteiger partial charge is 0.322 e. The van der Waals surface area contributed by atoms with E-state index in [1.165, 1.54) is 19.2 Å². The van der Waals surface area contributed by atoms with Gasteiger partial charge >= 0.3 is 5.69 Å². The minimum Gasteiger partial charge on any atom is -0.322 e. The molecule has 0 saturated carbocycles. The van der Waals surface area contributed by atoms with Gasteiger partial charge in [0.15, 0.2) is 0 Å². The number of nitrogens with one attached hydrogen (secondary N) is 1. The Morgan fingerprint density at radius 3 is 2.25 bits per heavy atom. The van der Waals surface area contributed by atoms with Gasteiger partial charge in [0.2, 0.25) is 0 Å². The Hall–Kier alpha value is -2.79. The van der Waals surface area contributed by atoms with Crippen molar-refractivity contribution in [3.63, 3.8) is 0 Å². The molecule has 1 aromatic heterocycles. The van der Waals surface area contributed by atoms with Crippen LogP contribution in [0.2, 0.25) is 15.1 Å². The van der Waals surface area contributed by atoms with Crippen molar-refractivity contribution in [1.29, 1.82) is 5.26 Å². The van der Waals surface area contributed by atoms with Gasteiger partial charge in [-0.05, 0) is 29.8 Å². The van der Waals surface area contributed by atoms with Crippen molar-refractivity contribution in [2.24, 2.45) is 0 Å². The Labute approximate surface area is 174 Å². The summed E-state index contributed by atoms with van der Waals surface area (Å²) in [6.07, 6.45) is 0.986. The van der Waals surface area contributed by atoms with Gasteiger partial charge in [0, 0.05) is 27.7 Å². The fourth-order valence-corrected chi connectivity index (χ4v) is 3.54. The number of nitriles is 1. The fraction of sp³-hybridized carbons (Fsp3) is 0.111. The van der Waals surface area contributed by atoms with Gasteiger partial charge in [0.05, 0.1) is 17.7 Å². The number of nitrogens with zero attached hydrogens (tertiary/aromatic N) is 4. The number of aromatic nitrogens is 3. The summed E-state index contributed by atoms with van der Waals surface area (Å²) in [5, 5.41) is 14.4. The van der Waals surface area contributed by atoms with Crippen molar-refractivity contribution < 1.29 is 0 Å². The van der Waals surface area contributed by atoms with Gasteiger partial charge in [-0.2, -0.15) is 19.7 Å². The van der Waals surface area contributed by atoms with Gasteiger partial charge in [-0.1, -0.05) is 46.9 Å². The predicted octanol–water partition coefficient (Wildman–Crippen LogP) is 3.18. The van der Waals surface area contributed by atoms with Crippen LogP contribution in [0.5, 0.6) is 0 Å². The molecule has 0 aliphatic rings. The molecule has 0 fully saturated rings. The normalized spacial score (nSPS) is 11.7. The summed E-state index contributed by atoms with van der Waals surface area (Å²) >= 11 is 18.7. The van der Waals surface area contributed by atoms with E-state index in [2.05, 4.69) is 16.6 Å². The fourth-order valence-electron chi connectivity index (χ4n) is 2.72. The van der Waals surface area contributed by atoms with E-state index < -0.39 is 17.2 Å². The quantitative estimate of drug-likeness (QED) is 0.678. The maximum Gasteiger partial charge on any atom is 0.371 e. The number of hydrogen-bond donors (Lipinski definition) is 1. The average Bonchev–Trinajstić information content (AvgIpc) is 2.66. The Kier molecular flexibility index (Phi) is 5.75. The highest BCUT2D eigenvalue weighted by atomic mass is 35.5. The van der Waals surface area contributed by atoms with Crippen LogP contribution < -0.4 is 16.7 Å². The van der Waals surface area contributed by atoms with Gasteiger partial charge in [0.25, 0.3) is 5.56 Å². The zero-order valence-corrected chi connectivity index (χ0v) is 16.6. The number of halogens is 3. The molecule has 0 spiro atoms. The lowest BCUT2D eigenvalue weighted by Crippen LogP contribution is -2.44. The maximum absolute atomic E-state index is 12.4. The molecule has 1 heterocycles. The van der Waals surface area contributed by atoms with Gasteiger partial charge in [-0.3, -0.25) is 4.79 Å². The van der Waals surface area contributed by atoms with Crippen LogP contribution in [-0.2, 0) is 0 Å². The van der Waals surface area contributed by atoms with Crippen LogP contribution in [0, 0.1) is 11.3 Å². The van der Waals surface area contributed by atoms with Gasteiger partial charge < -0.3 is 5.43 Å². The molecule has 0 radical (unpaired) electrons. The topological polar surface area (TPSA) is 92.7 Å². The third-order valence-corrected chi connectivity index (χ3v) is 4.91. The van der Waals surface area contributed by atoms with E-state index >= 15 is 0 Å². The first kappa shape index (κ1) is 20.0. The molecule has 142 valence electrons. The van der Waals surface area contributed by atoms with E-state index in [0.717, 1.165) is 15.6 Å².